The van der Waals surface area contributed by atoms with Gasteiger partial charge in [0.05, 0.1) is 27.2 Å². The van der Waals surface area contributed by atoms with E-state index in [9.17, 15) is 23.4 Å². The number of phenols is 2. The zero-order chi connectivity index (χ0) is 20.6. The highest BCUT2D eigenvalue weighted by atomic mass is 32.1. The predicted octanol–water partition coefficient (Wildman–Crippen LogP) is 6.81. The third-order valence-electron chi connectivity index (χ3n) is 4.04. The Bertz CT molecular complexity index is 1220. The molecule has 0 radical (unpaired) electrons. The first kappa shape index (κ1) is 18.9. The van der Waals surface area contributed by atoms with Gasteiger partial charge in [0.2, 0.25) is 0 Å². The van der Waals surface area contributed by atoms with Crippen molar-refractivity contribution in [3.05, 3.63) is 66.2 Å². The van der Waals surface area contributed by atoms with Crippen LogP contribution in [0.25, 0.3) is 20.8 Å². The topological polar surface area (TPSA) is 78.1 Å². The van der Waals surface area contributed by atoms with Gasteiger partial charge < -0.3 is 10.2 Å². The second kappa shape index (κ2) is 7.17. The molecule has 0 spiro atoms. The molecule has 5 nitrogen and oxygen atoms in total. The molecule has 0 saturated carbocycles. The van der Waals surface area contributed by atoms with Crippen molar-refractivity contribution in [2.45, 2.75) is 6.18 Å². The molecule has 3 aromatic carbocycles. The largest absolute Gasteiger partial charge is 0.508 e. The molecule has 0 atom stereocenters. The molecule has 0 aliphatic heterocycles. The van der Waals surface area contributed by atoms with Crippen LogP contribution in [-0.2, 0) is 6.18 Å². The number of alkyl halides is 3. The van der Waals surface area contributed by atoms with Gasteiger partial charge in [-0.1, -0.05) is 0 Å². The van der Waals surface area contributed by atoms with E-state index in [0.29, 0.717) is 17.3 Å². The number of nitrogens with zero attached hydrogens (tertiary/aromatic N) is 3. The molecule has 9 heteroatoms. The average Bonchev–Trinajstić information content (AvgIpc) is 3.10. The Balaban J connectivity index is 1.60. The number of thiazole rings is 1. The van der Waals surface area contributed by atoms with E-state index in [0.717, 1.165) is 27.4 Å². The summed E-state index contributed by atoms with van der Waals surface area (Å²) >= 11 is 1.46. The molecule has 0 bridgehead atoms. The second-order valence-electron chi connectivity index (χ2n) is 6.12. The highest BCUT2D eigenvalue weighted by Gasteiger charge is 2.34. The Morgan fingerprint density at radius 3 is 2.24 bits per heavy atom. The van der Waals surface area contributed by atoms with Crippen molar-refractivity contribution in [1.29, 1.82) is 0 Å². The highest BCUT2D eigenvalue weighted by Crippen LogP contribution is 2.39. The molecule has 4 rings (SSSR count). The molecule has 1 aromatic heterocycles. The zero-order valence-corrected chi connectivity index (χ0v) is 15.4. The van der Waals surface area contributed by atoms with Crippen molar-refractivity contribution in [2.24, 2.45) is 10.2 Å². The Labute approximate surface area is 166 Å². The van der Waals surface area contributed by atoms with Gasteiger partial charge in [-0.05, 0) is 54.6 Å². The number of benzene rings is 3. The predicted molar refractivity (Wildman–Crippen MR) is 104 cm³/mol. The van der Waals surface area contributed by atoms with Crippen LogP contribution in [0.2, 0.25) is 0 Å². The van der Waals surface area contributed by atoms with Crippen LogP contribution in [0.3, 0.4) is 0 Å². The fraction of sp³-hybridized carbons (Fsp3) is 0.0500. The molecule has 0 saturated heterocycles. The number of azo groups is 1. The van der Waals surface area contributed by atoms with Crippen LogP contribution < -0.4 is 0 Å². The van der Waals surface area contributed by atoms with E-state index in [2.05, 4.69) is 15.2 Å². The summed E-state index contributed by atoms with van der Waals surface area (Å²) in [5.41, 5.74) is 0.417. The summed E-state index contributed by atoms with van der Waals surface area (Å²) in [5, 5.41) is 27.1. The van der Waals surface area contributed by atoms with Gasteiger partial charge in [0.1, 0.15) is 16.5 Å². The first-order valence-electron chi connectivity index (χ1n) is 8.31. The summed E-state index contributed by atoms with van der Waals surface area (Å²) in [4.78, 5) is 4.47. The molecule has 0 aliphatic rings. The Morgan fingerprint density at radius 1 is 0.828 bits per heavy atom. The van der Waals surface area contributed by atoms with Gasteiger partial charge >= 0.3 is 6.18 Å². The minimum atomic E-state index is -4.65. The van der Waals surface area contributed by atoms with Crippen molar-refractivity contribution < 1.29 is 23.4 Å². The van der Waals surface area contributed by atoms with E-state index in [-0.39, 0.29) is 11.4 Å². The fourth-order valence-corrected chi connectivity index (χ4v) is 3.61. The number of hydrogen-bond acceptors (Lipinski definition) is 6. The first-order chi connectivity index (χ1) is 13.8. The molecular formula is C20H12F3N3O2S. The van der Waals surface area contributed by atoms with E-state index >= 15 is 0 Å². The molecule has 29 heavy (non-hydrogen) atoms. The maximum Gasteiger partial charge on any atom is 0.418 e. The first-order valence-corrected chi connectivity index (χ1v) is 9.13. The molecule has 0 amide bonds. The van der Waals surface area contributed by atoms with Gasteiger partial charge in [0.25, 0.3) is 0 Å². The number of phenolic OH excluding ortho intramolecular Hbond substituents is 2. The van der Waals surface area contributed by atoms with Gasteiger partial charge in [-0.25, -0.2) is 4.98 Å². The zero-order valence-electron chi connectivity index (χ0n) is 14.6. The number of rotatable bonds is 3. The smallest absolute Gasteiger partial charge is 0.418 e. The van der Waals surface area contributed by atoms with E-state index in [1.807, 2.05) is 0 Å². The summed E-state index contributed by atoms with van der Waals surface area (Å²) in [7, 11) is 0. The maximum atomic E-state index is 13.1. The van der Waals surface area contributed by atoms with Crippen LogP contribution in [0.5, 0.6) is 11.5 Å². The lowest BCUT2D eigenvalue weighted by Crippen LogP contribution is -2.04. The minimum Gasteiger partial charge on any atom is -0.508 e. The lowest BCUT2D eigenvalue weighted by atomic mass is 10.1. The Kier molecular flexibility index (Phi) is 4.67. The van der Waals surface area contributed by atoms with Crippen LogP contribution in [0.15, 0.2) is 70.9 Å². The van der Waals surface area contributed by atoms with Gasteiger partial charge in [0, 0.05) is 11.6 Å². The maximum absolute atomic E-state index is 13.1. The normalized spacial score (nSPS) is 12.1. The number of aromatic hydroxyl groups is 2. The highest BCUT2D eigenvalue weighted by molar-refractivity contribution is 7.21. The fourth-order valence-electron chi connectivity index (χ4n) is 2.66. The molecule has 0 fully saturated rings. The SMILES string of the molecule is Oc1ccc(/N=N/c2ccc(-c3nc4cc(O)ccc4s3)cc2)c(C(F)(F)F)c1. The van der Waals surface area contributed by atoms with Gasteiger partial charge in [-0.3, -0.25) is 0 Å². The molecular weight excluding hydrogens is 403 g/mol. The molecule has 2 N–H and O–H groups in total. The lowest BCUT2D eigenvalue weighted by molar-refractivity contribution is -0.137. The number of aromatic nitrogens is 1. The van der Waals surface area contributed by atoms with Gasteiger partial charge in [0.15, 0.2) is 0 Å². The summed E-state index contributed by atoms with van der Waals surface area (Å²) in [6, 6.07) is 14.5. The van der Waals surface area contributed by atoms with Crippen molar-refractivity contribution >= 4 is 32.9 Å². The van der Waals surface area contributed by atoms with Crippen LogP contribution >= 0.6 is 11.3 Å². The van der Waals surface area contributed by atoms with E-state index in [1.165, 1.54) is 11.3 Å². The van der Waals surface area contributed by atoms with Crippen LogP contribution in [-0.4, -0.2) is 15.2 Å². The lowest BCUT2D eigenvalue weighted by Gasteiger charge is -2.09. The summed E-state index contributed by atoms with van der Waals surface area (Å²) in [6.45, 7) is 0. The Morgan fingerprint density at radius 2 is 1.52 bits per heavy atom. The van der Waals surface area contributed by atoms with E-state index in [4.69, 9.17) is 0 Å². The van der Waals surface area contributed by atoms with Crippen LogP contribution in [0.4, 0.5) is 24.5 Å². The number of hydrogen-bond donors (Lipinski definition) is 2. The number of fused-ring (bicyclic) bond motifs is 1. The summed E-state index contributed by atoms with van der Waals surface area (Å²) in [6.07, 6.45) is -4.65. The minimum absolute atomic E-state index is 0.137. The third kappa shape index (κ3) is 4.04. The second-order valence-corrected chi connectivity index (χ2v) is 7.15. The van der Waals surface area contributed by atoms with Crippen molar-refractivity contribution in [2.75, 3.05) is 0 Å². The third-order valence-corrected chi connectivity index (χ3v) is 5.13. The molecule has 0 unspecified atom stereocenters. The van der Waals surface area contributed by atoms with E-state index in [1.54, 1.807) is 42.5 Å². The Hall–Kier alpha value is -3.46. The summed E-state index contributed by atoms with van der Waals surface area (Å²) in [5.74, 6) is -0.359. The molecule has 0 aliphatic carbocycles. The van der Waals surface area contributed by atoms with Crippen molar-refractivity contribution in [3.8, 4) is 22.1 Å². The van der Waals surface area contributed by atoms with Crippen LogP contribution in [0.1, 0.15) is 5.56 Å². The van der Waals surface area contributed by atoms with Crippen molar-refractivity contribution in [3.63, 3.8) is 0 Å². The van der Waals surface area contributed by atoms with Crippen molar-refractivity contribution in [1.82, 2.24) is 4.98 Å². The van der Waals surface area contributed by atoms with Gasteiger partial charge in [-0.2, -0.15) is 18.3 Å². The monoisotopic (exact) mass is 415 g/mol. The standard InChI is InChI=1S/C20H12F3N3O2S/c21-20(22,23)15-9-13(27)5-7-16(15)26-25-12-3-1-11(2-4-12)19-24-17-10-14(28)6-8-18(17)29-19/h1-10,27-28H/b26-25+. The molecule has 4 aromatic rings. The quantitative estimate of drug-likeness (QED) is 0.361. The van der Waals surface area contributed by atoms with E-state index < -0.39 is 17.5 Å². The van der Waals surface area contributed by atoms with Crippen LogP contribution in [0, 0.1) is 0 Å². The van der Waals surface area contributed by atoms with Gasteiger partial charge in [-0.15, -0.1) is 16.5 Å². The molecule has 146 valence electrons. The summed E-state index contributed by atoms with van der Waals surface area (Å²) < 4.78 is 40.1. The average molecular weight is 415 g/mol. The number of halogens is 3. The molecule has 1 heterocycles.